The Bertz CT molecular complexity index is 337. The van der Waals surface area contributed by atoms with E-state index in [2.05, 4.69) is 10.2 Å². The molecule has 0 radical (unpaired) electrons. The van der Waals surface area contributed by atoms with E-state index < -0.39 is 0 Å². The minimum atomic E-state index is 0.135. The van der Waals surface area contributed by atoms with Crippen LogP contribution in [-0.2, 0) is 4.79 Å². The van der Waals surface area contributed by atoms with E-state index in [4.69, 9.17) is 0 Å². The van der Waals surface area contributed by atoms with E-state index in [-0.39, 0.29) is 5.25 Å². The number of carbonyl (C=O) groups is 1. The van der Waals surface area contributed by atoms with E-state index in [9.17, 15) is 4.79 Å². The number of rotatable bonds is 2. The lowest BCUT2D eigenvalue weighted by Gasteiger charge is -2.17. The van der Waals surface area contributed by atoms with Gasteiger partial charge >= 0.3 is 0 Å². The van der Waals surface area contributed by atoms with Crippen molar-refractivity contribution >= 4 is 28.9 Å². The molecule has 1 fully saturated rings. The Morgan fingerprint density at radius 1 is 1.43 bits per heavy atom. The predicted molar refractivity (Wildman–Crippen MR) is 57.8 cm³/mol. The maximum Gasteiger partial charge on any atom is 0.174 e. The first-order valence-corrected chi connectivity index (χ1v) is 6.45. The van der Waals surface area contributed by atoms with Gasteiger partial charge in [-0.1, -0.05) is 29.5 Å². The smallest absolute Gasteiger partial charge is 0.174 e. The summed E-state index contributed by atoms with van der Waals surface area (Å²) in [7, 11) is 0. The Balaban J connectivity index is 1.99. The van der Waals surface area contributed by atoms with E-state index >= 15 is 0 Å². The molecule has 0 aromatic carbocycles. The molecule has 0 unspecified atom stereocenters. The van der Waals surface area contributed by atoms with Gasteiger partial charge in [0.25, 0.3) is 0 Å². The summed E-state index contributed by atoms with van der Waals surface area (Å²) in [5.41, 5.74) is 0. The molecule has 0 amide bonds. The molecule has 14 heavy (non-hydrogen) atoms. The van der Waals surface area contributed by atoms with Crippen molar-refractivity contribution < 1.29 is 4.79 Å². The van der Waals surface area contributed by atoms with Crippen LogP contribution in [0.1, 0.15) is 30.7 Å². The third-order valence-corrected chi connectivity index (χ3v) is 4.49. The molecule has 1 aliphatic carbocycles. The second-order valence-corrected chi connectivity index (χ2v) is 6.04. The van der Waals surface area contributed by atoms with Gasteiger partial charge in [0.1, 0.15) is 10.8 Å². The van der Waals surface area contributed by atoms with Crippen molar-refractivity contribution in [1.29, 1.82) is 0 Å². The lowest BCUT2D eigenvalue weighted by molar-refractivity contribution is -0.119. The van der Waals surface area contributed by atoms with Gasteiger partial charge in [0.05, 0.1) is 5.25 Å². The lowest BCUT2D eigenvalue weighted by atomic mass is 9.99. The molecule has 76 valence electrons. The molecule has 1 aliphatic rings. The highest BCUT2D eigenvalue weighted by atomic mass is 32.2. The number of hydrogen-bond acceptors (Lipinski definition) is 5. The number of aromatic nitrogens is 2. The van der Waals surface area contributed by atoms with E-state index in [0.29, 0.717) is 5.78 Å². The maximum absolute atomic E-state index is 11.5. The molecule has 1 heterocycles. The molecule has 3 nitrogen and oxygen atoms in total. The van der Waals surface area contributed by atoms with Gasteiger partial charge in [0.15, 0.2) is 4.34 Å². The lowest BCUT2D eigenvalue weighted by Crippen LogP contribution is -2.21. The number of Topliss-reactive ketones (excluding diaryl/α,β-unsaturated/α-hetero) is 1. The van der Waals surface area contributed by atoms with Crippen molar-refractivity contribution in [3.05, 3.63) is 5.01 Å². The van der Waals surface area contributed by atoms with Gasteiger partial charge in [-0.3, -0.25) is 4.79 Å². The molecule has 0 saturated heterocycles. The average Bonchev–Trinajstić information content (AvgIpc) is 2.56. The Morgan fingerprint density at radius 3 is 2.93 bits per heavy atom. The number of carbonyl (C=O) groups excluding carboxylic acids is 1. The van der Waals surface area contributed by atoms with Gasteiger partial charge in [0, 0.05) is 6.42 Å². The largest absolute Gasteiger partial charge is 0.298 e. The van der Waals surface area contributed by atoms with Crippen LogP contribution in [0.5, 0.6) is 0 Å². The Labute approximate surface area is 91.3 Å². The fourth-order valence-corrected chi connectivity index (χ4v) is 3.71. The van der Waals surface area contributed by atoms with Crippen LogP contribution < -0.4 is 0 Å². The van der Waals surface area contributed by atoms with Crippen molar-refractivity contribution in [2.45, 2.75) is 42.2 Å². The minimum absolute atomic E-state index is 0.135. The van der Waals surface area contributed by atoms with Crippen molar-refractivity contribution in [3.63, 3.8) is 0 Å². The fourth-order valence-electron chi connectivity index (χ4n) is 1.52. The van der Waals surface area contributed by atoms with Crippen LogP contribution >= 0.6 is 23.1 Å². The van der Waals surface area contributed by atoms with Gasteiger partial charge in [0.2, 0.25) is 0 Å². The number of aryl methyl sites for hydroxylation is 1. The molecule has 1 atom stereocenters. The molecule has 0 N–H and O–H groups in total. The Hall–Kier alpha value is -0.420. The molecule has 0 spiro atoms. The fraction of sp³-hybridized carbons (Fsp3) is 0.667. The van der Waals surface area contributed by atoms with Crippen molar-refractivity contribution in [1.82, 2.24) is 10.2 Å². The summed E-state index contributed by atoms with van der Waals surface area (Å²) in [6.45, 7) is 1.93. The van der Waals surface area contributed by atoms with Crippen LogP contribution in [0.25, 0.3) is 0 Å². The van der Waals surface area contributed by atoms with Crippen molar-refractivity contribution in [3.8, 4) is 0 Å². The zero-order valence-electron chi connectivity index (χ0n) is 8.02. The zero-order valence-corrected chi connectivity index (χ0v) is 9.66. The first-order valence-electron chi connectivity index (χ1n) is 4.75. The third kappa shape index (κ3) is 2.33. The molecule has 5 heteroatoms. The molecule has 0 bridgehead atoms. The van der Waals surface area contributed by atoms with E-state index in [1.165, 1.54) is 6.42 Å². The normalized spacial score (nSPS) is 22.6. The van der Waals surface area contributed by atoms with Gasteiger partial charge in [-0.05, 0) is 19.8 Å². The van der Waals surface area contributed by atoms with Crippen LogP contribution in [0.2, 0.25) is 0 Å². The van der Waals surface area contributed by atoms with Crippen molar-refractivity contribution in [2.75, 3.05) is 0 Å². The molecular weight excluding hydrogens is 216 g/mol. The van der Waals surface area contributed by atoms with Crippen molar-refractivity contribution in [2.24, 2.45) is 0 Å². The summed E-state index contributed by atoms with van der Waals surface area (Å²) >= 11 is 3.16. The number of nitrogens with zero attached hydrogens (tertiary/aromatic N) is 2. The highest BCUT2D eigenvalue weighted by Gasteiger charge is 2.24. The summed E-state index contributed by atoms with van der Waals surface area (Å²) in [6.07, 6.45) is 3.98. The Kier molecular flexibility index (Phi) is 3.18. The summed E-state index contributed by atoms with van der Waals surface area (Å²) in [4.78, 5) is 11.5. The predicted octanol–water partition coefficient (Wildman–Crippen LogP) is 2.45. The van der Waals surface area contributed by atoms with Gasteiger partial charge in [-0.2, -0.15) is 0 Å². The zero-order chi connectivity index (χ0) is 9.97. The van der Waals surface area contributed by atoms with Crippen LogP contribution in [-0.4, -0.2) is 21.2 Å². The molecule has 1 aromatic heterocycles. The van der Waals surface area contributed by atoms with Crippen LogP contribution in [0.15, 0.2) is 4.34 Å². The summed E-state index contributed by atoms with van der Waals surface area (Å²) in [5.74, 6) is 0.383. The minimum Gasteiger partial charge on any atom is -0.298 e. The number of ketones is 1. The van der Waals surface area contributed by atoms with Gasteiger partial charge in [-0.15, -0.1) is 10.2 Å². The molecule has 1 aromatic rings. The van der Waals surface area contributed by atoms with E-state index in [1.807, 2.05) is 6.92 Å². The monoisotopic (exact) mass is 228 g/mol. The van der Waals surface area contributed by atoms with Gasteiger partial charge in [-0.25, -0.2) is 0 Å². The van der Waals surface area contributed by atoms with Gasteiger partial charge < -0.3 is 0 Å². The topological polar surface area (TPSA) is 42.9 Å². The number of thioether (sulfide) groups is 1. The summed E-state index contributed by atoms with van der Waals surface area (Å²) in [6, 6.07) is 0. The Morgan fingerprint density at radius 2 is 2.29 bits per heavy atom. The average molecular weight is 228 g/mol. The quantitative estimate of drug-likeness (QED) is 0.780. The SMILES string of the molecule is Cc1nnc(S[C@@H]2CCCCC2=O)s1. The maximum atomic E-state index is 11.5. The molecular formula is C9H12N2OS2. The van der Waals surface area contributed by atoms with Crippen LogP contribution in [0.4, 0.5) is 0 Å². The van der Waals surface area contributed by atoms with E-state index in [1.54, 1.807) is 23.1 Å². The second-order valence-electron chi connectivity index (χ2n) is 3.41. The molecule has 2 rings (SSSR count). The third-order valence-electron chi connectivity index (χ3n) is 2.25. The van der Waals surface area contributed by atoms with Crippen LogP contribution in [0, 0.1) is 6.92 Å². The highest BCUT2D eigenvalue weighted by molar-refractivity contribution is 8.02. The highest BCUT2D eigenvalue weighted by Crippen LogP contribution is 2.32. The first kappa shape index (κ1) is 10.1. The van der Waals surface area contributed by atoms with Crippen LogP contribution in [0.3, 0.4) is 0 Å². The standard InChI is InChI=1S/C9H12N2OS2/c1-6-10-11-9(13-6)14-8-5-3-2-4-7(8)12/h8H,2-5H2,1H3/t8-/m1/s1. The molecule has 0 aliphatic heterocycles. The first-order chi connectivity index (χ1) is 6.75. The number of hydrogen-bond donors (Lipinski definition) is 0. The summed E-state index contributed by atoms with van der Waals surface area (Å²) in [5, 5.41) is 9.07. The summed E-state index contributed by atoms with van der Waals surface area (Å²) < 4.78 is 0.933. The van der Waals surface area contributed by atoms with E-state index in [0.717, 1.165) is 28.6 Å². The second kappa shape index (κ2) is 4.40. The molecule has 1 saturated carbocycles.